The van der Waals surface area contributed by atoms with Crippen LogP contribution in [0.1, 0.15) is 49.1 Å². The van der Waals surface area contributed by atoms with Gasteiger partial charge in [0, 0.05) is 17.8 Å². The number of carbonyl (C=O) groups is 1. The molecule has 6 nitrogen and oxygen atoms in total. The molecule has 1 aromatic heterocycles. The smallest absolute Gasteiger partial charge is 0.248 e. The highest BCUT2D eigenvalue weighted by atomic mass is 16.3. The summed E-state index contributed by atoms with van der Waals surface area (Å²) in [5.74, 6) is 0. The zero-order valence-corrected chi connectivity index (χ0v) is 17.8. The first-order valence-corrected chi connectivity index (χ1v) is 10.2. The molecule has 0 fully saturated rings. The molecule has 0 saturated heterocycles. The SMILES string of the molecule is CC(C)(C)c1cc2c(c(-c3cccc(-c4cc[nH]c(=O)c4)c3CO)c1)C(C=O)NN=C2. The molecule has 158 valence electrons. The number of nitrogens with zero attached hydrogens (tertiary/aromatic N) is 1. The minimum atomic E-state index is -0.584. The highest BCUT2D eigenvalue weighted by Gasteiger charge is 2.26. The van der Waals surface area contributed by atoms with Crippen molar-refractivity contribution >= 4 is 12.5 Å². The molecular formula is C25H25N3O3. The number of hydrogen-bond acceptors (Lipinski definition) is 5. The van der Waals surface area contributed by atoms with E-state index in [2.05, 4.69) is 48.4 Å². The van der Waals surface area contributed by atoms with E-state index < -0.39 is 6.04 Å². The normalized spacial score (nSPS) is 15.3. The van der Waals surface area contributed by atoms with E-state index in [9.17, 15) is 14.7 Å². The van der Waals surface area contributed by atoms with Gasteiger partial charge in [0.05, 0.1) is 12.8 Å². The van der Waals surface area contributed by atoms with Gasteiger partial charge in [0.2, 0.25) is 5.56 Å². The Labute approximate surface area is 180 Å². The van der Waals surface area contributed by atoms with Crippen molar-refractivity contribution in [1.82, 2.24) is 10.4 Å². The number of rotatable bonds is 4. The predicted molar refractivity (Wildman–Crippen MR) is 122 cm³/mol. The zero-order valence-electron chi connectivity index (χ0n) is 17.8. The third-order valence-electron chi connectivity index (χ3n) is 5.65. The van der Waals surface area contributed by atoms with E-state index in [0.717, 1.165) is 45.2 Å². The second kappa shape index (κ2) is 7.96. The Morgan fingerprint density at radius 1 is 1.10 bits per heavy atom. The fourth-order valence-electron chi connectivity index (χ4n) is 4.03. The summed E-state index contributed by atoms with van der Waals surface area (Å²) in [5.41, 5.74) is 9.26. The lowest BCUT2D eigenvalue weighted by atomic mass is 9.79. The highest BCUT2D eigenvalue weighted by molar-refractivity contribution is 5.92. The van der Waals surface area contributed by atoms with Crippen molar-refractivity contribution in [1.29, 1.82) is 0 Å². The van der Waals surface area contributed by atoms with Crippen LogP contribution in [0.15, 0.2) is 58.6 Å². The fourth-order valence-corrected chi connectivity index (χ4v) is 4.03. The second-order valence-corrected chi connectivity index (χ2v) is 8.71. The third-order valence-corrected chi connectivity index (χ3v) is 5.65. The number of pyridine rings is 1. The number of hydrazone groups is 1. The van der Waals surface area contributed by atoms with Crippen LogP contribution >= 0.6 is 0 Å². The number of aldehydes is 1. The van der Waals surface area contributed by atoms with Crippen LogP contribution < -0.4 is 11.0 Å². The number of fused-ring (bicyclic) bond motifs is 1. The molecule has 0 amide bonds. The van der Waals surface area contributed by atoms with E-state index in [1.54, 1.807) is 12.4 Å². The molecule has 3 N–H and O–H groups in total. The van der Waals surface area contributed by atoms with Crippen LogP contribution in [0.5, 0.6) is 0 Å². The number of aromatic amines is 1. The maximum absolute atomic E-state index is 11.9. The average Bonchev–Trinajstić information content (AvgIpc) is 2.76. The van der Waals surface area contributed by atoms with Crippen LogP contribution in [0.2, 0.25) is 0 Å². The van der Waals surface area contributed by atoms with Gasteiger partial charge in [-0.2, -0.15) is 5.10 Å². The van der Waals surface area contributed by atoms with E-state index in [1.807, 2.05) is 24.3 Å². The molecule has 0 aliphatic carbocycles. The Bertz CT molecular complexity index is 1240. The first kappa shape index (κ1) is 20.8. The molecule has 1 aliphatic rings. The van der Waals surface area contributed by atoms with Gasteiger partial charge in [-0.25, -0.2) is 0 Å². The van der Waals surface area contributed by atoms with Gasteiger partial charge in [0.15, 0.2) is 0 Å². The Balaban J connectivity index is 2.04. The largest absolute Gasteiger partial charge is 0.392 e. The standard InChI is InChI=1S/C25H25N3O3/c1-25(2,3)17-9-16-12-27-28-22(14-30)24(16)20(11-17)19-6-4-5-18(21(19)13-29)15-7-8-26-23(31)10-15/h4-12,14,22,28-29H,13H2,1-3H3,(H,26,31). The average molecular weight is 415 g/mol. The molecule has 4 rings (SSSR count). The van der Waals surface area contributed by atoms with Gasteiger partial charge < -0.3 is 14.9 Å². The summed E-state index contributed by atoms with van der Waals surface area (Å²) in [7, 11) is 0. The van der Waals surface area contributed by atoms with Gasteiger partial charge in [0.1, 0.15) is 12.3 Å². The number of aromatic nitrogens is 1. The lowest BCUT2D eigenvalue weighted by Crippen LogP contribution is -2.25. The summed E-state index contributed by atoms with van der Waals surface area (Å²) in [6, 6.07) is 12.6. The van der Waals surface area contributed by atoms with Crippen molar-refractivity contribution in [3.8, 4) is 22.3 Å². The maximum atomic E-state index is 11.9. The second-order valence-electron chi connectivity index (χ2n) is 8.71. The summed E-state index contributed by atoms with van der Waals surface area (Å²) >= 11 is 0. The maximum Gasteiger partial charge on any atom is 0.248 e. The van der Waals surface area contributed by atoms with Crippen molar-refractivity contribution < 1.29 is 9.90 Å². The van der Waals surface area contributed by atoms with Crippen molar-refractivity contribution in [2.75, 3.05) is 0 Å². The van der Waals surface area contributed by atoms with Gasteiger partial charge in [-0.05, 0) is 56.5 Å². The third kappa shape index (κ3) is 3.82. The van der Waals surface area contributed by atoms with E-state index in [4.69, 9.17) is 0 Å². The van der Waals surface area contributed by atoms with Crippen molar-refractivity contribution in [2.24, 2.45) is 5.10 Å². The van der Waals surface area contributed by atoms with Crippen LogP contribution in [-0.4, -0.2) is 22.6 Å². The monoisotopic (exact) mass is 415 g/mol. The van der Waals surface area contributed by atoms with Gasteiger partial charge in [-0.15, -0.1) is 0 Å². The summed E-state index contributed by atoms with van der Waals surface area (Å²) in [6.07, 6.45) is 4.17. The Morgan fingerprint density at radius 3 is 2.55 bits per heavy atom. The quantitative estimate of drug-likeness (QED) is 0.567. The van der Waals surface area contributed by atoms with E-state index in [0.29, 0.717) is 5.56 Å². The summed E-state index contributed by atoms with van der Waals surface area (Å²) in [6.45, 7) is 6.19. The Kier molecular flexibility index (Phi) is 5.33. The van der Waals surface area contributed by atoms with Crippen molar-refractivity contribution in [2.45, 2.75) is 38.8 Å². The molecule has 3 aromatic rings. The van der Waals surface area contributed by atoms with E-state index in [1.165, 1.54) is 6.07 Å². The highest BCUT2D eigenvalue weighted by Crippen LogP contribution is 2.40. The van der Waals surface area contributed by atoms with Gasteiger partial charge in [0.25, 0.3) is 0 Å². The van der Waals surface area contributed by atoms with E-state index >= 15 is 0 Å². The number of benzene rings is 2. The van der Waals surface area contributed by atoms with Gasteiger partial charge >= 0.3 is 0 Å². The Morgan fingerprint density at radius 2 is 1.87 bits per heavy atom. The molecule has 0 radical (unpaired) electrons. The molecule has 2 aromatic carbocycles. The molecular weight excluding hydrogens is 390 g/mol. The number of carbonyl (C=O) groups excluding carboxylic acids is 1. The summed E-state index contributed by atoms with van der Waals surface area (Å²) in [4.78, 5) is 26.3. The minimum absolute atomic E-state index is 0.122. The first-order chi connectivity index (χ1) is 14.8. The number of aliphatic hydroxyl groups is 1. The number of hydrogen-bond donors (Lipinski definition) is 3. The molecule has 0 spiro atoms. The van der Waals surface area contributed by atoms with Crippen LogP contribution in [-0.2, 0) is 16.8 Å². The number of aliphatic hydroxyl groups excluding tert-OH is 1. The molecule has 1 aliphatic heterocycles. The van der Waals surface area contributed by atoms with Gasteiger partial charge in [-0.1, -0.05) is 45.0 Å². The van der Waals surface area contributed by atoms with Crippen LogP contribution in [0.25, 0.3) is 22.3 Å². The first-order valence-electron chi connectivity index (χ1n) is 10.2. The van der Waals surface area contributed by atoms with E-state index in [-0.39, 0.29) is 17.6 Å². The molecule has 2 heterocycles. The molecule has 0 saturated carbocycles. The topological polar surface area (TPSA) is 94.5 Å². The zero-order chi connectivity index (χ0) is 22.2. The molecule has 1 unspecified atom stereocenters. The summed E-state index contributed by atoms with van der Waals surface area (Å²) in [5, 5.41) is 14.5. The minimum Gasteiger partial charge on any atom is -0.392 e. The lowest BCUT2D eigenvalue weighted by Gasteiger charge is -2.28. The molecule has 0 bridgehead atoms. The van der Waals surface area contributed by atoms with Crippen molar-refractivity contribution in [3.05, 3.63) is 81.3 Å². The molecule has 1 atom stereocenters. The summed E-state index contributed by atoms with van der Waals surface area (Å²) < 4.78 is 0. The Hall–Kier alpha value is -3.51. The lowest BCUT2D eigenvalue weighted by molar-refractivity contribution is -0.109. The predicted octanol–water partition coefficient (Wildman–Crippen LogP) is 3.68. The molecule has 31 heavy (non-hydrogen) atoms. The fraction of sp³-hybridized carbons (Fsp3) is 0.240. The number of nitrogens with one attached hydrogen (secondary N) is 2. The number of H-pyrrole nitrogens is 1. The van der Waals surface area contributed by atoms with Crippen LogP contribution in [0.4, 0.5) is 0 Å². The van der Waals surface area contributed by atoms with Crippen LogP contribution in [0.3, 0.4) is 0 Å². The molecule has 6 heteroatoms. The van der Waals surface area contributed by atoms with Crippen LogP contribution in [0, 0.1) is 0 Å². The van der Waals surface area contributed by atoms with Crippen molar-refractivity contribution in [3.63, 3.8) is 0 Å². The van der Waals surface area contributed by atoms with Gasteiger partial charge in [-0.3, -0.25) is 10.2 Å².